The zero-order valence-corrected chi connectivity index (χ0v) is 10.2. The molecule has 2 heteroatoms. The Labute approximate surface area is 108 Å². The fourth-order valence-electron chi connectivity index (χ4n) is 1.68. The molecule has 0 aliphatic heterocycles. The Morgan fingerprint density at radius 2 is 1.44 bits per heavy atom. The highest BCUT2D eigenvalue weighted by Crippen LogP contribution is 2.02. The second kappa shape index (κ2) is 6.60. The summed E-state index contributed by atoms with van der Waals surface area (Å²) in [7, 11) is 0. The number of benzene rings is 2. The minimum Gasteiger partial charge on any atom is -0.352 e. The summed E-state index contributed by atoms with van der Waals surface area (Å²) in [6.45, 7) is 0.574. The third-order valence-electron chi connectivity index (χ3n) is 2.68. The van der Waals surface area contributed by atoms with Crippen LogP contribution in [0.25, 0.3) is 0 Å². The first-order valence-corrected chi connectivity index (χ1v) is 6.03. The second-order valence-electron chi connectivity index (χ2n) is 4.10. The summed E-state index contributed by atoms with van der Waals surface area (Å²) in [5, 5.41) is 2.87. The molecule has 2 rings (SSSR count). The van der Waals surface area contributed by atoms with Crippen molar-refractivity contribution in [2.24, 2.45) is 0 Å². The van der Waals surface area contributed by atoms with E-state index < -0.39 is 0 Å². The predicted octanol–water partition coefficient (Wildman–Crippen LogP) is 2.75. The van der Waals surface area contributed by atoms with Gasteiger partial charge in [-0.25, -0.2) is 0 Å². The Balaban J connectivity index is 1.73. The maximum atomic E-state index is 11.6. The average molecular weight is 238 g/mol. The summed E-state index contributed by atoms with van der Waals surface area (Å²) >= 11 is 0. The van der Waals surface area contributed by atoms with Crippen LogP contribution in [-0.4, -0.2) is 5.91 Å². The number of rotatable bonds is 5. The zero-order chi connectivity index (χ0) is 12.6. The van der Waals surface area contributed by atoms with Crippen molar-refractivity contribution < 1.29 is 4.79 Å². The third-order valence-corrected chi connectivity index (χ3v) is 2.68. The van der Waals surface area contributed by atoms with Crippen molar-refractivity contribution in [2.45, 2.75) is 13.0 Å². The number of hydrogen-bond donors (Lipinski definition) is 1. The first kappa shape index (κ1) is 12.4. The molecule has 91 valence electrons. The van der Waals surface area contributed by atoms with Crippen molar-refractivity contribution in [1.29, 1.82) is 0 Å². The minimum atomic E-state index is -0.0253. The second-order valence-corrected chi connectivity index (χ2v) is 4.10. The van der Waals surface area contributed by atoms with Gasteiger partial charge in [0.2, 0.25) is 5.91 Å². The molecule has 0 bridgehead atoms. The number of nitrogens with one attached hydrogen (secondary N) is 1. The van der Waals surface area contributed by atoms with E-state index in [-0.39, 0.29) is 5.91 Å². The Kier molecular flexibility index (Phi) is 4.53. The number of carbonyl (C=O) groups excluding carboxylic acids is 1. The number of amides is 1. The minimum absolute atomic E-state index is 0.0253. The summed E-state index contributed by atoms with van der Waals surface area (Å²) in [4.78, 5) is 11.6. The van der Waals surface area contributed by atoms with Crippen LogP contribution in [0.5, 0.6) is 0 Å². The Morgan fingerprint density at radius 3 is 2.06 bits per heavy atom. The van der Waals surface area contributed by atoms with E-state index in [1.54, 1.807) is 6.42 Å². The maximum absolute atomic E-state index is 11.6. The molecule has 0 atom stereocenters. The molecule has 0 saturated heterocycles. The van der Waals surface area contributed by atoms with Gasteiger partial charge in [0.05, 0.1) is 6.42 Å². The largest absolute Gasteiger partial charge is 0.352 e. The molecule has 0 spiro atoms. The molecule has 2 nitrogen and oxygen atoms in total. The van der Waals surface area contributed by atoms with Crippen LogP contribution in [0.1, 0.15) is 11.1 Å². The summed E-state index contributed by atoms with van der Waals surface area (Å²) in [6.07, 6.45) is 2.35. The van der Waals surface area contributed by atoms with E-state index in [9.17, 15) is 4.79 Å². The normalized spacial score (nSPS) is 10.0. The van der Waals surface area contributed by atoms with Crippen LogP contribution in [0.15, 0.2) is 60.7 Å². The van der Waals surface area contributed by atoms with E-state index in [4.69, 9.17) is 0 Å². The van der Waals surface area contributed by atoms with E-state index in [0.29, 0.717) is 13.0 Å². The van der Waals surface area contributed by atoms with Gasteiger partial charge >= 0.3 is 0 Å². The first-order valence-electron chi connectivity index (χ1n) is 6.03. The Morgan fingerprint density at radius 1 is 0.889 bits per heavy atom. The van der Waals surface area contributed by atoms with Crippen LogP contribution < -0.4 is 5.32 Å². The molecule has 0 fully saturated rings. The van der Waals surface area contributed by atoms with Gasteiger partial charge in [-0.1, -0.05) is 60.7 Å². The van der Waals surface area contributed by atoms with E-state index in [1.165, 1.54) is 0 Å². The molecule has 1 radical (unpaired) electrons. The molecule has 0 heterocycles. The maximum Gasteiger partial charge on any atom is 0.224 e. The lowest BCUT2D eigenvalue weighted by Gasteiger charge is -2.05. The van der Waals surface area contributed by atoms with Crippen LogP contribution >= 0.6 is 0 Å². The van der Waals surface area contributed by atoms with Gasteiger partial charge in [0.25, 0.3) is 0 Å². The van der Waals surface area contributed by atoms with Crippen molar-refractivity contribution in [3.8, 4) is 0 Å². The van der Waals surface area contributed by atoms with Crippen molar-refractivity contribution >= 4 is 5.91 Å². The molecule has 2 aromatic rings. The van der Waals surface area contributed by atoms with Gasteiger partial charge in [-0.3, -0.25) is 4.79 Å². The SMILES string of the molecule is O=C([CH]Cc1ccccc1)NCc1ccccc1. The van der Waals surface area contributed by atoms with Gasteiger partial charge in [0.1, 0.15) is 0 Å². The molecule has 18 heavy (non-hydrogen) atoms. The average Bonchev–Trinajstić information content (AvgIpc) is 2.45. The van der Waals surface area contributed by atoms with Gasteiger partial charge in [-0.2, -0.15) is 0 Å². The molecule has 0 aromatic heterocycles. The molecule has 1 amide bonds. The molecule has 1 N–H and O–H groups in total. The molecule has 0 unspecified atom stereocenters. The Bertz CT molecular complexity index is 433. The molecule has 0 aliphatic rings. The van der Waals surface area contributed by atoms with Gasteiger partial charge in [-0.05, 0) is 17.5 Å². The van der Waals surface area contributed by atoms with Crippen molar-refractivity contribution in [2.75, 3.05) is 0 Å². The lowest BCUT2D eigenvalue weighted by molar-refractivity contribution is -0.118. The van der Waals surface area contributed by atoms with Crippen LogP contribution in [0.2, 0.25) is 0 Å². The predicted molar refractivity (Wildman–Crippen MR) is 72.7 cm³/mol. The summed E-state index contributed by atoms with van der Waals surface area (Å²) in [6, 6.07) is 19.9. The fourth-order valence-corrected chi connectivity index (χ4v) is 1.68. The van der Waals surface area contributed by atoms with E-state index in [2.05, 4.69) is 5.32 Å². The van der Waals surface area contributed by atoms with E-state index in [1.807, 2.05) is 60.7 Å². The lowest BCUT2D eigenvalue weighted by atomic mass is 10.1. The van der Waals surface area contributed by atoms with Gasteiger partial charge < -0.3 is 5.32 Å². The highest BCUT2D eigenvalue weighted by Gasteiger charge is 2.02. The summed E-state index contributed by atoms with van der Waals surface area (Å²) < 4.78 is 0. The monoisotopic (exact) mass is 238 g/mol. The first-order chi connectivity index (χ1) is 8.84. The quantitative estimate of drug-likeness (QED) is 0.852. The lowest BCUT2D eigenvalue weighted by Crippen LogP contribution is -2.23. The highest BCUT2D eigenvalue weighted by molar-refractivity contribution is 5.84. The van der Waals surface area contributed by atoms with Crippen LogP contribution in [-0.2, 0) is 17.8 Å². The smallest absolute Gasteiger partial charge is 0.224 e. The molecule has 0 saturated carbocycles. The van der Waals surface area contributed by atoms with Crippen molar-refractivity contribution in [1.82, 2.24) is 5.32 Å². The highest BCUT2D eigenvalue weighted by atomic mass is 16.1. The zero-order valence-electron chi connectivity index (χ0n) is 10.2. The van der Waals surface area contributed by atoms with E-state index in [0.717, 1.165) is 11.1 Å². The summed E-state index contributed by atoms with van der Waals surface area (Å²) in [5.41, 5.74) is 2.26. The van der Waals surface area contributed by atoms with Crippen LogP contribution in [0, 0.1) is 6.42 Å². The van der Waals surface area contributed by atoms with Gasteiger partial charge in [-0.15, -0.1) is 0 Å². The molecular formula is C16H16NO. The van der Waals surface area contributed by atoms with Crippen molar-refractivity contribution in [3.05, 3.63) is 78.2 Å². The van der Waals surface area contributed by atoms with Gasteiger partial charge in [0.15, 0.2) is 0 Å². The van der Waals surface area contributed by atoms with E-state index >= 15 is 0 Å². The molecule has 2 aromatic carbocycles. The number of hydrogen-bond acceptors (Lipinski definition) is 1. The third kappa shape index (κ3) is 4.06. The number of carbonyl (C=O) groups is 1. The molecular weight excluding hydrogens is 222 g/mol. The standard InChI is InChI=1S/C16H16NO/c18-16(12-11-14-7-3-1-4-8-14)17-13-15-9-5-2-6-10-15/h1-10,12H,11,13H2,(H,17,18). The molecule has 0 aliphatic carbocycles. The Hall–Kier alpha value is -2.09. The fraction of sp³-hybridized carbons (Fsp3) is 0.125. The van der Waals surface area contributed by atoms with Crippen LogP contribution in [0.4, 0.5) is 0 Å². The van der Waals surface area contributed by atoms with Gasteiger partial charge in [0, 0.05) is 6.54 Å². The van der Waals surface area contributed by atoms with Crippen LogP contribution in [0.3, 0.4) is 0 Å². The topological polar surface area (TPSA) is 29.1 Å². The van der Waals surface area contributed by atoms with Crippen molar-refractivity contribution in [3.63, 3.8) is 0 Å². The summed E-state index contributed by atoms with van der Waals surface area (Å²) in [5.74, 6) is -0.0253.